The Labute approximate surface area is 92.5 Å². The van der Waals surface area contributed by atoms with Crippen molar-refractivity contribution in [2.75, 3.05) is 0 Å². The average Bonchev–Trinajstić information content (AvgIpc) is 2.58. The second-order valence-corrected chi connectivity index (χ2v) is 4.55. The summed E-state index contributed by atoms with van der Waals surface area (Å²) in [6.07, 6.45) is 2.11. The van der Waals surface area contributed by atoms with E-state index in [9.17, 15) is 0 Å². The van der Waals surface area contributed by atoms with E-state index in [-0.39, 0.29) is 0 Å². The van der Waals surface area contributed by atoms with Gasteiger partial charge in [-0.1, -0.05) is 20.8 Å². The Balaban J connectivity index is 3.07. The number of nitriles is 1. The number of aromatic nitrogens is 1. The molecule has 1 heterocycles. The summed E-state index contributed by atoms with van der Waals surface area (Å²) >= 11 is 0. The highest BCUT2D eigenvalue weighted by Crippen LogP contribution is 2.20. The molecule has 1 rings (SSSR count). The van der Waals surface area contributed by atoms with Gasteiger partial charge in [0.25, 0.3) is 0 Å². The largest absolute Gasteiger partial charge is 0.334 e. The zero-order chi connectivity index (χ0) is 11.4. The summed E-state index contributed by atoms with van der Waals surface area (Å²) in [5, 5.41) is 9.04. The molecule has 0 aliphatic carbocycles. The van der Waals surface area contributed by atoms with Gasteiger partial charge in [0.1, 0.15) is 11.8 Å². The molecule has 0 N–H and O–H groups in total. The quantitative estimate of drug-likeness (QED) is 0.737. The second-order valence-electron chi connectivity index (χ2n) is 4.55. The van der Waals surface area contributed by atoms with E-state index in [1.807, 2.05) is 6.07 Å². The van der Waals surface area contributed by atoms with Gasteiger partial charge in [0, 0.05) is 11.7 Å². The molecule has 2 heteroatoms. The van der Waals surface area contributed by atoms with E-state index in [1.165, 1.54) is 5.69 Å². The molecule has 0 aliphatic rings. The lowest BCUT2D eigenvalue weighted by Gasteiger charge is -2.18. The van der Waals surface area contributed by atoms with Crippen LogP contribution in [0.25, 0.3) is 0 Å². The van der Waals surface area contributed by atoms with Crippen molar-refractivity contribution < 1.29 is 0 Å². The van der Waals surface area contributed by atoms with Crippen molar-refractivity contribution >= 4 is 0 Å². The minimum absolute atomic E-state index is 0.420. The first-order valence-electron chi connectivity index (χ1n) is 5.70. The Kier molecular flexibility index (Phi) is 3.96. The Hall–Kier alpha value is -1.23. The highest BCUT2D eigenvalue weighted by molar-refractivity contribution is 5.28. The van der Waals surface area contributed by atoms with Crippen molar-refractivity contribution in [2.24, 2.45) is 5.92 Å². The first-order chi connectivity index (χ1) is 7.10. The van der Waals surface area contributed by atoms with Crippen LogP contribution in [-0.2, 0) is 6.42 Å². The minimum atomic E-state index is 0.420. The second kappa shape index (κ2) is 5.02. The third kappa shape index (κ3) is 2.62. The van der Waals surface area contributed by atoms with Gasteiger partial charge >= 0.3 is 0 Å². The van der Waals surface area contributed by atoms with Gasteiger partial charge < -0.3 is 4.57 Å². The number of rotatable bonds is 4. The maximum atomic E-state index is 9.04. The van der Waals surface area contributed by atoms with Crippen molar-refractivity contribution in [2.45, 2.75) is 46.6 Å². The molecule has 0 amide bonds. The molecule has 0 bridgehead atoms. The summed E-state index contributed by atoms with van der Waals surface area (Å²) in [5.74, 6) is 0.634. The first kappa shape index (κ1) is 11.8. The first-order valence-corrected chi connectivity index (χ1v) is 5.70. The zero-order valence-corrected chi connectivity index (χ0v) is 10.1. The van der Waals surface area contributed by atoms with Crippen LogP contribution in [0, 0.1) is 17.2 Å². The maximum Gasteiger partial charge on any atom is 0.120 e. The fourth-order valence-electron chi connectivity index (χ4n) is 1.87. The van der Waals surface area contributed by atoms with Crippen LogP contribution in [0.1, 0.15) is 51.5 Å². The lowest BCUT2D eigenvalue weighted by molar-refractivity contribution is 0.492. The zero-order valence-electron chi connectivity index (χ0n) is 10.1. The molecule has 0 spiro atoms. The maximum absolute atomic E-state index is 9.04. The summed E-state index contributed by atoms with van der Waals surface area (Å²) in [6, 6.07) is 6.71. The molecule has 15 heavy (non-hydrogen) atoms. The van der Waals surface area contributed by atoms with Crippen LogP contribution in [0.15, 0.2) is 12.1 Å². The molecular formula is C13H20N2. The van der Waals surface area contributed by atoms with E-state index < -0.39 is 0 Å². The molecule has 1 aromatic heterocycles. The van der Waals surface area contributed by atoms with Crippen LogP contribution in [0.5, 0.6) is 0 Å². The summed E-state index contributed by atoms with van der Waals surface area (Å²) in [7, 11) is 0. The highest BCUT2D eigenvalue weighted by Gasteiger charge is 2.13. The van der Waals surface area contributed by atoms with E-state index in [2.05, 4.69) is 44.4 Å². The van der Waals surface area contributed by atoms with Gasteiger partial charge in [-0.15, -0.1) is 0 Å². The number of nitrogens with zero attached hydrogens (tertiary/aromatic N) is 2. The third-order valence-corrected chi connectivity index (χ3v) is 2.77. The normalized spacial score (nSPS) is 12.8. The van der Waals surface area contributed by atoms with Crippen LogP contribution in [0.2, 0.25) is 0 Å². The highest BCUT2D eigenvalue weighted by atomic mass is 15.0. The monoisotopic (exact) mass is 204 g/mol. The van der Waals surface area contributed by atoms with Gasteiger partial charge in [-0.25, -0.2) is 0 Å². The average molecular weight is 204 g/mol. The molecule has 0 saturated carbocycles. The van der Waals surface area contributed by atoms with Gasteiger partial charge in [0.2, 0.25) is 0 Å². The fraction of sp³-hybridized carbons (Fsp3) is 0.615. The molecule has 1 unspecified atom stereocenters. The minimum Gasteiger partial charge on any atom is -0.334 e. The van der Waals surface area contributed by atoms with Crippen molar-refractivity contribution in [3.63, 3.8) is 0 Å². The lowest BCUT2D eigenvalue weighted by Crippen LogP contribution is -2.11. The van der Waals surface area contributed by atoms with Crippen molar-refractivity contribution in [1.82, 2.24) is 4.57 Å². The lowest BCUT2D eigenvalue weighted by atomic mass is 10.1. The van der Waals surface area contributed by atoms with E-state index in [4.69, 9.17) is 5.26 Å². The molecule has 0 aliphatic heterocycles. The molecule has 0 saturated heterocycles. The standard InChI is InChI=1S/C13H20N2/c1-5-11(4)15-12(8-10(2)3)6-7-13(15)9-14/h6-7,10-11H,5,8H2,1-4H3. The summed E-state index contributed by atoms with van der Waals surface area (Å²) in [5.41, 5.74) is 2.08. The Morgan fingerprint density at radius 1 is 1.33 bits per heavy atom. The Bertz CT molecular complexity index is 355. The van der Waals surface area contributed by atoms with Gasteiger partial charge in [0.05, 0.1) is 0 Å². The van der Waals surface area contributed by atoms with E-state index >= 15 is 0 Å². The molecule has 0 aromatic carbocycles. The smallest absolute Gasteiger partial charge is 0.120 e. The van der Waals surface area contributed by atoms with Gasteiger partial charge in [0.15, 0.2) is 0 Å². The molecule has 1 atom stereocenters. The molecule has 2 nitrogen and oxygen atoms in total. The molecule has 0 radical (unpaired) electrons. The van der Waals surface area contributed by atoms with Crippen LogP contribution in [0.4, 0.5) is 0 Å². The van der Waals surface area contributed by atoms with Crippen LogP contribution < -0.4 is 0 Å². The third-order valence-electron chi connectivity index (χ3n) is 2.77. The molecule has 82 valence electrons. The number of hydrogen-bond donors (Lipinski definition) is 0. The molecule has 1 aromatic rings. The van der Waals surface area contributed by atoms with Crippen LogP contribution >= 0.6 is 0 Å². The van der Waals surface area contributed by atoms with Crippen LogP contribution in [-0.4, -0.2) is 4.57 Å². The van der Waals surface area contributed by atoms with E-state index in [0.717, 1.165) is 18.5 Å². The summed E-state index contributed by atoms with van der Waals surface area (Å²) < 4.78 is 2.18. The molecular weight excluding hydrogens is 184 g/mol. The van der Waals surface area contributed by atoms with E-state index in [0.29, 0.717) is 12.0 Å². The number of hydrogen-bond acceptors (Lipinski definition) is 1. The molecule has 0 fully saturated rings. The van der Waals surface area contributed by atoms with E-state index in [1.54, 1.807) is 0 Å². The van der Waals surface area contributed by atoms with Crippen molar-refractivity contribution in [3.8, 4) is 6.07 Å². The Morgan fingerprint density at radius 3 is 2.47 bits per heavy atom. The van der Waals surface area contributed by atoms with Crippen molar-refractivity contribution in [3.05, 3.63) is 23.5 Å². The van der Waals surface area contributed by atoms with Gasteiger partial charge in [-0.05, 0) is 37.8 Å². The van der Waals surface area contributed by atoms with Gasteiger partial charge in [-0.2, -0.15) is 5.26 Å². The predicted octanol–water partition coefficient (Wildman–Crippen LogP) is 3.53. The van der Waals surface area contributed by atoms with Crippen LogP contribution in [0.3, 0.4) is 0 Å². The van der Waals surface area contributed by atoms with Crippen molar-refractivity contribution in [1.29, 1.82) is 5.26 Å². The summed E-state index contributed by atoms with van der Waals surface area (Å²) in [6.45, 7) is 8.75. The van der Waals surface area contributed by atoms with Gasteiger partial charge in [-0.3, -0.25) is 0 Å². The Morgan fingerprint density at radius 2 is 2.00 bits per heavy atom. The topological polar surface area (TPSA) is 28.7 Å². The summed E-state index contributed by atoms with van der Waals surface area (Å²) in [4.78, 5) is 0. The SMILES string of the molecule is CCC(C)n1c(C#N)ccc1CC(C)C. The fourth-order valence-corrected chi connectivity index (χ4v) is 1.87. The predicted molar refractivity (Wildman–Crippen MR) is 62.7 cm³/mol.